The first-order valence-corrected chi connectivity index (χ1v) is 6.17. The molecule has 3 aromatic rings. The maximum atomic E-state index is 6.13. The van der Waals surface area contributed by atoms with Gasteiger partial charge in [-0.15, -0.1) is 0 Å². The van der Waals surface area contributed by atoms with Crippen LogP contribution in [0.3, 0.4) is 0 Å². The van der Waals surface area contributed by atoms with Gasteiger partial charge in [0.2, 0.25) is 0 Å². The molecule has 1 unspecified atom stereocenters. The van der Waals surface area contributed by atoms with Crippen molar-refractivity contribution >= 4 is 21.5 Å². The summed E-state index contributed by atoms with van der Waals surface area (Å²) in [4.78, 5) is 0. The highest BCUT2D eigenvalue weighted by Gasteiger charge is 2.10. The molecule has 0 radical (unpaired) electrons. The van der Waals surface area contributed by atoms with Crippen LogP contribution >= 0.6 is 0 Å². The Kier molecular flexibility index (Phi) is 2.74. The van der Waals surface area contributed by atoms with Gasteiger partial charge < -0.3 is 11.5 Å². The normalized spacial score (nSPS) is 13.0. The van der Waals surface area contributed by atoms with Gasteiger partial charge in [0.05, 0.1) is 0 Å². The molecule has 0 aliphatic rings. The highest BCUT2D eigenvalue weighted by Crippen LogP contribution is 2.30. The van der Waals surface area contributed by atoms with E-state index in [1.165, 1.54) is 21.5 Å². The van der Waals surface area contributed by atoms with E-state index in [-0.39, 0.29) is 6.04 Å². The summed E-state index contributed by atoms with van der Waals surface area (Å²) in [5.74, 6) is 0. The molecule has 0 saturated heterocycles. The van der Waals surface area contributed by atoms with Crippen molar-refractivity contribution in [2.24, 2.45) is 11.5 Å². The van der Waals surface area contributed by atoms with Gasteiger partial charge in [-0.2, -0.15) is 0 Å². The van der Waals surface area contributed by atoms with Crippen molar-refractivity contribution in [3.63, 3.8) is 0 Å². The van der Waals surface area contributed by atoms with Crippen LogP contribution in [0.2, 0.25) is 0 Å². The van der Waals surface area contributed by atoms with E-state index in [2.05, 4.69) is 48.5 Å². The molecular formula is C16H16N2. The van der Waals surface area contributed by atoms with Crippen molar-refractivity contribution in [3.8, 4) is 0 Å². The van der Waals surface area contributed by atoms with Crippen molar-refractivity contribution in [2.45, 2.75) is 6.04 Å². The molecule has 0 fully saturated rings. The summed E-state index contributed by atoms with van der Waals surface area (Å²) < 4.78 is 0. The minimum Gasteiger partial charge on any atom is -0.329 e. The van der Waals surface area contributed by atoms with E-state index in [9.17, 15) is 0 Å². The molecule has 0 aromatic heterocycles. The standard InChI is InChI=1S/C16H16N2/c17-10-16(18)15-9-11-5-1-2-6-12(11)13-7-3-4-8-14(13)15/h1-9,16H,10,17-18H2. The Hall–Kier alpha value is -1.90. The molecule has 3 aromatic carbocycles. The lowest BCUT2D eigenvalue weighted by atomic mass is 9.94. The summed E-state index contributed by atoms with van der Waals surface area (Å²) in [6.07, 6.45) is 0. The Bertz CT molecular complexity index is 704. The number of benzene rings is 3. The average molecular weight is 236 g/mol. The summed E-state index contributed by atoms with van der Waals surface area (Å²) in [5, 5.41) is 4.93. The summed E-state index contributed by atoms with van der Waals surface area (Å²) in [6.45, 7) is 0.461. The Morgan fingerprint density at radius 3 is 2.17 bits per heavy atom. The number of hydrogen-bond donors (Lipinski definition) is 2. The van der Waals surface area contributed by atoms with Crippen LogP contribution in [0.4, 0.5) is 0 Å². The Morgan fingerprint density at radius 2 is 1.44 bits per heavy atom. The predicted octanol–water partition coefficient (Wildman–Crippen LogP) is 2.95. The molecule has 2 nitrogen and oxygen atoms in total. The van der Waals surface area contributed by atoms with Crippen molar-refractivity contribution in [3.05, 3.63) is 60.2 Å². The molecule has 1 atom stereocenters. The second kappa shape index (κ2) is 4.41. The molecule has 0 heterocycles. The monoisotopic (exact) mass is 236 g/mol. The summed E-state index contributed by atoms with van der Waals surface area (Å²) in [7, 11) is 0. The minimum atomic E-state index is -0.112. The van der Waals surface area contributed by atoms with Gasteiger partial charge in [-0.3, -0.25) is 0 Å². The highest BCUT2D eigenvalue weighted by atomic mass is 14.7. The van der Waals surface area contributed by atoms with Gasteiger partial charge in [0.25, 0.3) is 0 Å². The van der Waals surface area contributed by atoms with Crippen LogP contribution in [0.5, 0.6) is 0 Å². The lowest BCUT2D eigenvalue weighted by molar-refractivity contribution is 0.744. The van der Waals surface area contributed by atoms with Crippen molar-refractivity contribution < 1.29 is 0 Å². The van der Waals surface area contributed by atoms with E-state index < -0.39 is 0 Å². The van der Waals surface area contributed by atoms with Crippen LogP contribution in [-0.2, 0) is 0 Å². The molecule has 0 bridgehead atoms. The molecule has 0 aliphatic heterocycles. The first kappa shape index (κ1) is 11.2. The molecule has 2 heteroatoms. The molecule has 4 N–H and O–H groups in total. The topological polar surface area (TPSA) is 52.0 Å². The molecule has 3 rings (SSSR count). The highest BCUT2D eigenvalue weighted by molar-refractivity contribution is 6.09. The van der Waals surface area contributed by atoms with E-state index in [0.29, 0.717) is 6.54 Å². The first-order chi connectivity index (χ1) is 8.81. The smallest absolute Gasteiger partial charge is 0.0425 e. The second-order valence-corrected chi connectivity index (χ2v) is 4.57. The number of rotatable bonds is 2. The SMILES string of the molecule is NCC(N)c1cc2ccccc2c2ccccc12. The molecular weight excluding hydrogens is 220 g/mol. The maximum Gasteiger partial charge on any atom is 0.0425 e. The second-order valence-electron chi connectivity index (χ2n) is 4.57. The average Bonchev–Trinajstić information content (AvgIpc) is 2.45. The number of nitrogens with two attached hydrogens (primary N) is 2. The predicted molar refractivity (Wildman–Crippen MR) is 77.4 cm³/mol. The Labute approximate surface area is 106 Å². The van der Waals surface area contributed by atoms with Crippen molar-refractivity contribution in [2.75, 3.05) is 6.54 Å². The number of fused-ring (bicyclic) bond motifs is 3. The van der Waals surface area contributed by atoms with Crippen molar-refractivity contribution in [1.29, 1.82) is 0 Å². The lowest BCUT2D eigenvalue weighted by Gasteiger charge is -2.15. The van der Waals surface area contributed by atoms with Gasteiger partial charge in [0, 0.05) is 12.6 Å². The lowest BCUT2D eigenvalue weighted by Crippen LogP contribution is -2.21. The van der Waals surface area contributed by atoms with Crippen molar-refractivity contribution in [1.82, 2.24) is 0 Å². The first-order valence-electron chi connectivity index (χ1n) is 6.17. The molecule has 0 spiro atoms. The largest absolute Gasteiger partial charge is 0.329 e. The zero-order valence-electron chi connectivity index (χ0n) is 10.1. The van der Waals surface area contributed by atoms with E-state index in [1.54, 1.807) is 0 Å². The third kappa shape index (κ3) is 1.67. The fraction of sp³-hybridized carbons (Fsp3) is 0.125. The molecule has 0 amide bonds. The zero-order chi connectivity index (χ0) is 12.5. The van der Waals surface area contributed by atoms with E-state index in [0.717, 1.165) is 5.56 Å². The van der Waals surface area contributed by atoms with Gasteiger partial charge in [-0.1, -0.05) is 48.5 Å². The maximum absolute atomic E-state index is 6.13. The molecule has 0 saturated carbocycles. The van der Waals surface area contributed by atoms with Gasteiger partial charge in [-0.05, 0) is 33.2 Å². The zero-order valence-corrected chi connectivity index (χ0v) is 10.1. The van der Waals surface area contributed by atoms with E-state index in [1.807, 2.05) is 6.07 Å². The van der Waals surface area contributed by atoms with Crippen LogP contribution < -0.4 is 11.5 Å². The minimum absolute atomic E-state index is 0.112. The summed E-state index contributed by atoms with van der Waals surface area (Å²) in [6, 6.07) is 18.8. The van der Waals surface area contributed by atoms with E-state index >= 15 is 0 Å². The number of hydrogen-bond acceptors (Lipinski definition) is 2. The van der Waals surface area contributed by atoms with Crippen LogP contribution in [0.1, 0.15) is 11.6 Å². The van der Waals surface area contributed by atoms with Crippen LogP contribution in [-0.4, -0.2) is 6.54 Å². The van der Waals surface area contributed by atoms with Gasteiger partial charge in [0.15, 0.2) is 0 Å². The van der Waals surface area contributed by atoms with Crippen LogP contribution in [0.25, 0.3) is 21.5 Å². The summed E-state index contributed by atoms with van der Waals surface area (Å²) in [5.41, 5.74) is 13.0. The van der Waals surface area contributed by atoms with E-state index in [4.69, 9.17) is 11.5 Å². The third-order valence-electron chi connectivity index (χ3n) is 3.45. The van der Waals surface area contributed by atoms with Crippen LogP contribution in [0.15, 0.2) is 54.6 Å². The van der Waals surface area contributed by atoms with Gasteiger partial charge in [-0.25, -0.2) is 0 Å². The summed E-state index contributed by atoms with van der Waals surface area (Å²) >= 11 is 0. The third-order valence-corrected chi connectivity index (χ3v) is 3.45. The fourth-order valence-corrected chi connectivity index (χ4v) is 2.52. The Morgan fingerprint density at radius 1 is 0.833 bits per heavy atom. The van der Waals surface area contributed by atoms with Crippen LogP contribution in [0, 0.1) is 0 Å². The molecule has 0 aliphatic carbocycles. The molecule has 18 heavy (non-hydrogen) atoms. The Balaban J connectivity index is 2.46. The quantitative estimate of drug-likeness (QED) is 0.672. The van der Waals surface area contributed by atoms with Gasteiger partial charge in [0.1, 0.15) is 0 Å². The van der Waals surface area contributed by atoms with Gasteiger partial charge >= 0.3 is 0 Å². The molecule has 90 valence electrons. The fourth-order valence-electron chi connectivity index (χ4n) is 2.52.